The Labute approximate surface area is 139 Å². The molecular formula is C17H17N3O4. The van der Waals surface area contributed by atoms with Gasteiger partial charge in [0.1, 0.15) is 0 Å². The Morgan fingerprint density at radius 2 is 1.92 bits per heavy atom. The average molecular weight is 327 g/mol. The van der Waals surface area contributed by atoms with Crippen molar-refractivity contribution in [3.8, 4) is 5.75 Å². The highest BCUT2D eigenvalue weighted by molar-refractivity contribution is 6.01. The largest absolute Gasteiger partial charge is 0.487 e. The van der Waals surface area contributed by atoms with Gasteiger partial charge < -0.3 is 4.74 Å². The maximum atomic E-state index is 11.9. The van der Waals surface area contributed by atoms with Crippen LogP contribution in [0.3, 0.4) is 0 Å². The number of hydrogen-bond acceptors (Lipinski definition) is 5. The highest BCUT2D eigenvalue weighted by Crippen LogP contribution is 2.28. The predicted octanol–water partition coefficient (Wildman–Crippen LogP) is 3.15. The molecule has 124 valence electrons. The van der Waals surface area contributed by atoms with Gasteiger partial charge in [-0.15, -0.1) is 0 Å². The van der Waals surface area contributed by atoms with E-state index in [1.54, 1.807) is 44.2 Å². The molecule has 1 N–H and O–H groups in total. The number of hydrazone groups is 1. The van der Waals surface area contributed by atoms with Gasteiger partial charge in [0.15, 0.2) is 5.75 Å². The van der Waals surface area contributed by atoms with Crippen molar-refractivity contribution in [3.63, 3.8) is 0 Å². The van der Waals surface area contributed by atoms with E-state index < -0.39 is 4.92 Å². The lowest BCUT2D eigenvalue weighted by atomic mass is 10.1. The Morgan fingerprint density at radius 3 is 2.54 bits per heavy atom. The highest BCUT2D eigenvalue weighted by Gasteiger charge is 2.16. The maximum absolute atomic E-state index is 11.9. The van der Waals surface area contributed by atoms with Gasteiger partial charge in [-0.3, -0.25) is 14.9 Å². The van der Waals surface area contributed by atoms with Crippen molar-refractivity contribution in [3.05, 3.63) is 69.8 Å². The van der Waals surface area contributed by atoms with Gasteiger partial charge in [-0.1, -0.05) is 18.2 Å². The molecule has 0 aliphatic carbocycles. The summed E-state index contributed by atoms with van der Waals surface area (Å²) < 4.78 is 5.24. The lowest BCUT2D eigenvalue weighted by Gasteiger charge is -2.07. The number of ether oxygens (including phenoxy) is 1. The van der Waals surface area contributed by atoms with Crippen LogP contribution in [-0.4, -0.2) is 23.1 Å². The van der Waals surface area contributed by atoms with E-state index in [2.05, 4.69) is 10.5 Å². The zero-order chi connectivity index (χ0) is 17.5. The van der Waals surface area contributed by atoms with Gasteiger partial charge in [-0.25, -0.2) is 5.43 Å². The summed E-state index contributed by atoms with van der Waals surface area (Å²) in [4.78, 5) is 22.6. The van der Waals surface area contributed by atoms with Gasteiger partial charge in [0, 0.05) is 17.2 Å². The van der Waals surface area contributed by atoms with Crippen LogP contribution in [0.15, 0.2) is 53.6 Å². The fraction of sp³-hybridized carbons (Fsp3) is 0.176. The first-order valence-corrected chi connectivity index (χ1v) is 7.34. The molecule has 0 aromatic heterocycles. The van der Waals surface area contributed by atoms with Crippen LogP contribution in [0.1, 0.15) is 29.8 Å². The van der Waals surface area contributed by atoms with Gasteiger partial charge in [0.2, 0.25) is 0 Å². The number of nitrogens with zero attached hydrogens (tertiary/aromatic N) is 2. The maximum Gasteiger partial charge on any atom is 0.311 e. The second-order valence-electron chi connectivity index (χ2n) is 4.88. The SMILES string of the molecule is CCOc1ccc(/C(C)=N\NC(=O)c2ccccc2)cc1[N+](=O)[O-]. The third-order valence-electron chi connectivity index (χ3n) is 3.23. The monoisotopic (exact) mass is 327 g/mol. The minimum atomic E-state index is -0.510. The zero-order valence-corrected chi connectivity index (χ0v) is 13.4. The first kappa shape index (κ1) is 17.1. The smallest absolute Gasteiger partial charge is 0.311 e. The van der Waals surface area contributed by atoms with Gasteiger partial charge in [0.25, 0.3) is 5.91 Å². The Balaban J connectivity index is 2.19. The third-order valence-corrected chi connectivity index (χ3v) is 3.23. The molecule has 2 rings (SSSR count). The van der Waals surface area contributed by atoms with Crippen molar-refractivity contribution in [2.24, 2.45) is 5.10 Å². The Morgan fingerprint density at radius 1 is 1.21 bits per heavy atom. The highest BCUT2D eigenvalue weighted by atomic mass is 16.6. The molecule has 7 nitrogen and oxygen atoms in total. The number of nitrogens with one attached hydrogen (secondary N) is 1. The fourth-order valence-corrected chi connectivity index (χ4v) is 2.02. The van der Waals surface area contributed by atoms with Crippen molar-refractivity contribution >= 4 is 17.3 Å². The second-order valence-corrected chi connectivity index (χ2v) is 4.88. The van der Waals surface area contributed by atoms with Gasteiger partial charge in [-0.05, 0) is 38.1 Å². The van der Waals surface area contributed by atoms with E-state index in [0.717, 1.165) is 0 Å². The summed E-state index contributed by atoms with van der Waals surface area (Å²) in [6, 6.07) is 13.2. The van der Waals surface area contributed by atoms with Crippen LogP contribution in [0.25, 0.3) is 0 Å². The van der Waals surface area contributed by atoms with Crippen LogP contribution in [0.5, 0.6) is 5.75 Å². The molecule has 0 aliphatic heterocycles. The Hall–Kier alpha value is -3.22. The molecule has 0 heterocycles. The summed E-state index contributed by atoms with van der Waals surface area (Å²) in [5.74, 6) is -0.150. The molecule has 0 aliphatic rings. The molecule has 2 aromatic carbocycles. The average Bonchev–Trinajstić information content (AvgIpc) is 2.60. The summed E-state index contributed by atoms with van der Waals surface area (Å²) in [6.45, 7) is 3.74. The number of carbonyl (C=O) groups excluding carboxylic acids is 1. The van der Waals surface area contributed by atoms with Crippen LogP contribution in [0.2, 0.25) is 0 Å². The van der Waals surface area contributed by atoms with Crippen LogP contribution >= 0.6 is 0 Å². The minimum absolute atomic E-state index is 0.140. The molecule has 0 saturated heterocycles. The molecule has 0 unspecified atom stereocenters. The molecule has 0 spiro atoms. The molecular weight excluding hydrogens is 310 g/mol. The van der Waals surface area contributed by atoms with E-state index in [4.69, 9.17) is 4.74 Å². The van der Waals surface area contributed by atoms with Crippen molar-refractivity contribution in [2.45, 2.75) is 13.8 Å². The van der Waals surface area contributed by atoms with Gasteiger partial charge in [-0.2, -0.15) is 5.10 Å². The summed E-state index contributed by atoms with van der Waals surface area (Å²) in [5, 5.41) is 15.1. The summed E-state index contributed by atoms with van der Waals surface area (Å²) in [5.41, 5.74) is 3.75. The molecule has 0 atom stereocenters. The predicted molar refractivity (Wildman–Crippen MR) is 90.4 cm³/mol. The summed E-state index contributed by atoms with van der Waals surface area (Å²) in [7, 11) is 0. The number of nitro benzene ring substituents is 1. The van der Waals surface area contributed by atoms with E-state index in [9.17, 15) is 14.9 Å². The van der Waals surface area contributed by atoms with Crippen molar-refractivity contribution in [1.29, 1.82) is 0 Å². The molecule has 0 fully saturated rings. The van der Waals surface area contributed by atoms with Crippen LogP contribution < -0.4 is 10.2 Å². The van der Waals surface area contributed by atoms with Crippen LogP contribution in [-0.2, 0) is 0 Å². The van der Waals surface area contributed by atoms with Crippen molar-refractivity contribution in [1.82, 2.24) is 5.43 Å². The van der Waals surface area contributed by atoms with Gasteiger partial charge in [0.05, 0.1) is 17.2 Å². The minimum Gasteiger partial charge on any atom is -0.487 e. The fourth-order valence-electron chi connectivity index (χ4n) is 2.02. The Bertz CT molecular complexity index is 773. The van der Waals surface area contributed by atoms with E-state index in [0.29, 0.717) is 23.4 Å². The number of amides is 1. The van der Waals surface area contributed by atoms with E-state index in [1.807, 2.05) is 6.07 Å². The van der Waals surface area contributed by atoms with E-state index in [-0.39, 0.29) is 17.3 Å². The van der Waals surface area contributed by atoms with E-state index >= 15 is 0 Å². The number of benzene rings is 2. The number of hydrogen-bond donors (Lipinski definition) is 1. The Kier molecular flexibility index (Phi) is 5.62. The molecule has 2 aromatic rings. The standard InChI is InChI=1S/C17H17N3O4/c1-3-24-16-10-9-14(11-15(16)20(22)23)12(2)18-19-17(21)13-7-5-4-6-8-13/h4-11H,3H2,1-2H3,(H,19,21)/b18-12-. The molecule has 0 saturated carbocycles. The topological polar surface area (TPSA) is 93.8 Å². The first-order chi connectivity index (χ1) is 11.5. The van der Waals surface area contributed by atoms with Crippen molar-refractivity contribution in [2.75, 3.05) is 6.61 Å². The first-order valence-electron chi connectivity index (χ1n) is 7.34. The third kappa shape index (κ3) is 4.16. The number of carbonyl (C=O) groups is 1. The lowest BCUT2D eigenvalue weighted by molar-refractivity contribution is -0.385. The summed E-state index contributed by atoms with van der Waals surface area (Å²) >= 11 is 0. The molecule has 1 amide bonds. The molecule has 24 heavy (non-hydrogen) atoms. The second kappa shape index (κ2) is 7.87. The molecule has 0 radical (unpaired) electrons. The zero-order valence-electron chi connectivity index (χ0n) is 13.4. The van der Waals surface area contributed by atoms with Crippen LogP contribution in [0, 0.1) is 10.1 Å². The number of rotatable bonds is 6. The lowest BCUT2D eigenvalue weighted by Crippen LogP contribution is -2.19. The molecule has 7 heteroatoms. The summed E-state index contributed by atoms with van der Waals surface area (Å²) in [6.07, 6.45) is 0. The van der Waals surface area contributed by atoms with Crippen LogP contribution in [0.4, 0.5) is 5.69 Å². The quantitative estimate of drug-likeness (QED) is 0.501. The van der Waals surface area contributed by atoms with Gasteiger partial charge >= 0.3 is 5.69 Å². The number of nitro groups is 1. The van der Waals surface area contributed by atoms with Crippen molar-refractivity contribution < 1.29 is 14.5 Å². The van der Waals surface area contributed by atoms with E-state index in [1.165, 1.54) is 12.1 Å². The normalized spacial score (nSPS) is 11.0. The molecule has 0 bridgehead atoms.